The Kier molecular flexibility index (Phi) is 3.01. The van der Waals surface area contributed by atoms with Crippen LogP contribution in [0.4, 0.5) is 11.4 Å². The first-order valence-electron chi connectivity index (χ1n) is 4.38. The molecule has 0 amide bonds. The van der Waals surface area contributed by atoms with Crippen LogP contribution in [-0.2, 0) is 0 Å². The topological polar surface area (TPSA) is 48.2 Å². The zero-order valence-corrected chi connectivity index (χ0v) is 8.26. The molecule has 70 valence electrons. The largest absolute Gasteiger partial charge is 0.386 e. The van der Waals surface area contributed by atoms with E-state index in [0.29, 0.717) is 11.6 Å². The number of rotatable bonds is 3. The summed E-state index contributed by atoms with van der Waals surface area (Å²) < 4.78 is 0. The fourth-order valence-electron chi connectivity index (χ4n) is 1.40. The average Bonchev–Trinajstić information content (AvgIpc) is 2.16. The quantitative estimate of drug-likeness (QED) is 0.682. The van der Waals surface area contributed by atoms with Crippen molar-refractivity contribution in [1.29, 1.82) is 5.53 Å². The minimum atomic E-state index is 0.448. The van der Waals surface area contributed by atoms with Gasteiger partial charge in [-0.3, -0.25) is 0 Å². The Morgan fingerprint density at radius 1 is 1.38 bits per heavy atom. The lowest BCUT2D eigenvalue weighted by molar-refractivity contribution is 0.867. The molecule has 3 nitrogen and oxygen atoms in total. The van der Waals surface area contributed by atoms with Crippen molar-refractivity contribution in [3.63, 3.8) is 0 Å². The first kappa shape index (κ1) is 9.71. The van der Waals surface area contributed by atoms with Gasteiger partial charge < -0.3 is 5.32 Å². The molecule has 0 saturated carbocycles. The minimum Gasteiger partial charge on any atom is -0.386 e. The van der Waals surface area contributed by atoms with Crippen LogP contribution in [0.5, 0.6) is 0 Å². The van der Waals surface area contributed by atoms with Gasteiger partial charge in [-0.2, -0.15) is 5.11 Å². The number of para-hydroxylation sites is 1. The Labute approximate surface area is 78.7 Å². The predicted molar refractivity (Wildman–Crippen MR) is 54.9 cm³/mol. The van der Waals surface area contributed by atoms with Gasteiger partial charge in [0, 0.05) is 7.05 Å². The van der Waals surface area contributed by atoms with Crippen LogP contribution in [0.1, 0.15) is 25.3 Å². The van der Waals surface area contributed by atoms with Crippen LogP contribution in [0, 0.1) is 5.53 Å². The van der Waals surface area contributed by atoms with Crippen LogP contribution < -0.4 is 5.32 Å². The second-order valence-electron chi connectivity index (χ2n) is 3.26. The summed E-state index contributed by atoms with van der Waals surface area (Å²) in [6.45, 7) is 4.26. The van der Waals surface area contributed by atoms with E-state index in [1.165, 1.54) is 5.56 Å². The van der Waals surface area contributed by atoms with Crippen molar-refractivity contribution in [3.8, 4) is 0 Å². The van der Waals surface area contributed by atoms with E-state index >= 15 is 0 Å². The maximum atomic E-state index is 7.01. The van der Waals surface area contributed by atoms with Gasteiger partial charge in [-0.1, -0.05) is 26.0 Å². The van der Waals surface area contributed by atoms with Gasteiger partial charge in [-0.05, 0) is 17.5 Å². The molecule has 0 aliphatic heterocycles. The number of nitrogens with one attached hydrogen (secondary N) is 2. The van der Waals surface area contributed by atoms with Gasteiger partial charge in [0.25, 0.3) is 0 Å². The van der Waals surface area contributed by atoms with Gasteiger partial charge in [-0.25, -0.2) is 5.53 Å². The molecule has 0 atom stereocenters. The van der Waals surface area contributed by atoms with Gasteiger partial charge in [0.15, 0.2) is 0 Å². The molecule has 1 aromatic rings. The van der Waals surface area contributed by atoms with Crippen molar-refractivity contribution >= 4 is 11.4 Å². The monoisotopic (exact) mass is 177 g/mol. The molecule has 0 aromatic heterocycles. The van der Waals surface area contributed by atoms with E-state index in [4.69, 9.17) is 5.53 Å². The maximum absolute atomic E-state index is 7.01. The Balaban J connectivity index is 3.26. The van der Waals surface area contributed by atoms with Gasteiger partial charge in [0.2, 0.25) is 0 Å². The van der Waals surface area contributed by atoms with E-state index in [0.717, 1.165) is 5.69 Å². The fourth-order valence-corrected chi connectivity index (χ4v) is 1.40. The SMILES string of the molecule is CNc1c(N=N)cccc1C(C)C. The summed E-state index contributed by atoms with van der Waals surface area (Å²) in [7, 11) is 1.86. The first-order chi connectivity index (χ1) is 6.20. The maximum Gasteiger partial charge on any atom is 0.108 e. The van der Waals surface area contributed by atoms with E-state index in [-0.39, 0.29) is 0 Å². The molecule has 0 aliphatic rings. The third-order valence-corrected chi connectivity index (χ3v) is 2.07. The van der Waals surface area contributed by atoms with Gasteiger partial charge in [0.1, 0.15) is 5.69 Å². The van der Waals surface area contributed by atoms with Crippen LogP contribution in [0.3, 0.4) is 0 Å². The Morgan fingerprint density at radius 2 is 2.08 bits per heavy atom. The third kappa shape index (κ3) is 1.86. The highest BCUT2D eigenvalue weighted by Gasteiger charge is 2.08. The molecule has 1 rings (SSSR count). The van der Waals surface area contributed by atoms with Crippen LogP contribution in [0.15, 0.2) is 23.3 Å². The first-order valence-corrected chi connectivity index (χ1v) is 4.38. The molecule has 0 spiro atoms. The molecular weight excluding hydrogens is 162 g/mol. The standard InChI is InChI=1S/C10H15N3/c1-7(2)8-5-4-6-9(13-11)10(8)12-3/h4-7,11-12H,1-3H3. The summed E-state index contributed by atoms with van der Waals surface area (Å²) in [6.07, 6.45) is 0. The van der Waals surface area contributed by atoms with Crippen LogP contribution in [0.2, 0.25) is 0 Å². The molecular formula is C10H15N3. The number of hydrogen-bond acceptors (Lipinski definition) is 3. The molecule has 3 heteroatoms. The Bertz CT molecular complexity index is 305. The van der Waals surface area contributed by atoms with Crippen LogP contribution in [-0.4, -0.2) is 7.05 Å². The molecule has 0 fully saturated rings. The van der Waals surface area contributed by atoms with Crippen LogP contribution >= 0.6 is 0 Å². The average molecular weight is 177 g/mol. The zero-order valence-electron chi connectivity index (χ0n) is 8.26. The highest BCUT2D eigenvalue weighted by Crippen LogP contribution is 2.32. The van der Waals surface area contributed by atoms with Crippen molar-refractivity contribution in [3.05, 3.63) is 23.8 Å². The number of anilines is 1. The lowest BCUT2D eigenvalue weighted by atomic mass is 10.0. The lowest BCUT2D eigenvalue weighted by Crippen LogP contribution is -1.97. The second kappa shape index (κ2) is 4.03. The molecule has 0 heterocycles. The van der Waals surface area contributed by atoms with Crippen molar-refractivity contribution in [2.75, 3.05) is 12.4 Å². The van der Waals surface area contributed by atoms with Crippen molar-refractivity contribution < 1.29 is 0 Å². The van der Waals surface area contributed by atoms with E-state index < -0.39 is 0 Å². The van der Waals surface area contributed by atoms with Gasteiger partial charge in [0.05, 0.1) is 5.69 Å². The van der Waals surface area contributed by atoms with Gasteiger partial charge >= 0.3 is 0 Å². The summed E-state index contributed by atoms with van der Waals surface area (Å²) in [5.41, 5.74) is 9.88. The van der Waals surface area contributed by atoms with E-state index in [9.17, 15) is 0 Å². The molecule has 0 unspecified atom stereocenters. The Morgan fingerprint density at radius 3 is 2.54 bits per heavy atom. The summed E-state index contributed by atoms with van der Waals surface area (Å²) in [5.74, 6) is 0.448. The van der Waals surface area contributed by atoms with E-state index in [1.54, 1.807) is 0 Å². The normalized spacial score (nSPS) is 10.2. The molecule has 0 saturated heterocycles. The summed E-state index contributed by atoms with van der Waals surface area (Å²) in [5, 5.41) is 6.55. The van der Waals surface area contributed by atoms with E-state index in [1.807, 2.05) is 19.2 Å². The third-order valence-electron chi connectivity index (χ3n) is 2.07. The molecule has 0 aliphatic carbocycles. The molecule has 1 aromatic carbocycles. The summed E-state index contributed by atoms with van der Waals surface area (Å²) >= 11 is 0. The summed E-state index contributed by atoms with van der Waals surface area (Å²) in [6, 6.07) is 5.83. The molecule has 0 radical (unpaired) electrons. The highest BCUT2D eigenvalue weighted by molar-refractivity contribution is 5.69. The summed E-state index contributed by atoms with van der Waals surface area (Å²) in [4.78, 5) is 0. The van der Waals surface area contributed by atoms with Crippen molar-refractivity contribution in [2.45, 2.75) is 19.8 Å². The number of hydrogen-bond donors (Lipinski definition) is 2. The molecule has 13 heavy (non-hydrogen) atoms. The zero-order chi connectivity index (χ0) is 9.84. The smallest absolute Gasteiger partial charge is 0.108 e. The van der Waals surface area contributed by atoms with E-state index in [2.05, 4.69) is 30.3 Å². The second-order valence-corrected chi connectivity index (χ2v) is 3.26. The van der Waals surface area contributed by atoms with Gasteiger partial charge in [-0.15, -0.1) is 0 Å². The van der Waals surface area contributed by atoms with Crippen molar-refractivity contribution in [1.82, 2.24) is 0 Å². The fraction of sp³-hybridized carbons (Fsp3) is 0.400. The minimum absolute atomic E-state index is 0.448. The van der Waals surface area contributed by atoms with Crippen LogP contribution in [0.25, 0.3) is 0 Å². The molecule has 0 bridgehead atoms. The Hall–Kier alpha value is -1.38. The molecule has 2 N–H and O–H groups in total. The number of nitrogens with zero attached hydrogens (tertiary/aromatic N) is 1. The van der Waals surface area contributed by atoms with Crippen molar-refractivity contribution in [2.24, 2.45) is 5.11 Å². The lowest BCUT2D eigenvalue weighted by Gasteiger charge is -2.13. The predicted octanol–water partition coefficient (Wildman–Crippen LogP) is 3.51. The number of benzene rings is 1. The highest BCUT2D eigenvalue weighted by atomic mass is 15.0.